The number of aryl methyl sites for hydroxylation is 2. The molecule has 2 heterocycles. The van der Waals surface area contributed by atoms with Crippen molar-refractivity contribution in [3.63, 3.8) is 0 Å². The van der Waals surface area contributed by atoms with Crippen molar-refractivity contribution in [2.45, 2.75) is 26.7 Å². The summed E-state index contributed by atoms with van der Waals surface area (Å²) in [4.78, 5) is 20.9. The minimum Gasteiger partial charge on any atom is -0.497 e. The van der Waals surface area contributed by atoms with E-state index in [1.54, 1.807) is 17.7 Å². The average Bonchev–Trinajstić information content (AvgIpc) is 3.15. The molecule has 2 aromatic carbocycles. The van der Waals surface area contributed by atoms with E-state index in [0.29, 0.717) is 17.9 Å². The molecule has 0 atom stereocenters. The van der Waals surface area contributed by atoms with Gasteiger partial charge in [0, 0.05) is 11.4 Å². The van der Waals surface area contributed by atoms with Crippen LogP contribution in [0.5, 0.6) is 11.5 Å². The van der Waals surface area contributed by atoms with Crippen molar-refractivity contribution in [3.05, 3.63) is 59.7 Å². The molecular weight excluding hydrogens is 356 g/mol. The first-order valence-corrected chi connectivity index (χ1v) is 8.99. The molecule has 2 aromatic heterocycles. The van der Waals surface area contributed by atoms with Gasteiger partial charge in [0.1, 0.15) is 17.8 Å². The quantitative estimate of drug-likeness (QED) is 0.392. The molecule has 7 heteroatoms. The van der Waals surface area contributed by atoms with E-state index in [9.17, 15) is 4.79 Å². The number of carbonyl (C=O) groups excluding carboxylic acids is 1. The molecule has 28 heavy (non-hydrogen) atoms. The zero-order chi connectivity index (χ0) is 19.7. The number of aromatic nitrogens is 4. The monoisotopic (exact) mass is 376 g/mol. The fourth-order valence-electron chi connectivity index (χ4n) is 3.32. The number of methoxy groups -OCH3 is 1. The fraction of sp³-hybridized carbons (Fsp3) is 0.238. The fourth-order valence-corrected chi connectivity index (χ4v) is 3.32. The van der Waals surface area contributed by atoms with E-state index in [1.807, 2.05) is 44.2 Å². The minimum atomic E-state index is -0.292. The number of ether oxygens (including phenoxy) is 2. The lowest BCUT2D eigenvalue weighted by Crippen LogP contribution is -2.12. The van der Waals surface area contributed by atoms with Crippen LogP contribution < -0.4 is 9.47 Å². The lowest BCUT2D eigenvalue weighted by atomic mass is 10.1. The summed E-state index contributed by atoms with van der Waals surface area (Å²) in [5.41, 5.74) is 2.77. The summed E-state index contributed by atoms with van der Waals surface area (Å²) >= 11 is 0. The van der Waals surface area contributed by atoms with Gasteiger partial charge in [-0.25, -0.2) is 9.50 Å². The van der Waals surface area contributed by atoms with Crippen LogP contribution in [-0.2, 0) is 11.2 Å². The topological polar surface area (TPSA) is 78.6 Å². The third-order valence-corrected chi connectivity index (χ3v) is 4.82. The van der Waals surface area contributed by atoms with Crippen LogP contribution in [0.4, 0.5) is 0 Å². The van der Waals surface area contributed by atoms with Gasteiger partial charge in [0.2, 0.25) is 0 Å². The van der Waals surface area contributed by atoms with Crippen molar-refractivity contribution in [1.29, 1.82) is 0 Å². The predicted octanol–water partition coefficient (Wildman–Crippen LogP) is 3.44. The van der Waals surface area contributed by atoms with Crippen LogP contribution in [0.25, 0.3) is 16.6 Å². The highest BCUT2D eigenvalue weighted by atomic mass is 16.5. The Kier molecular flexibility index (Phi) is 4.65. The van der Waals surface area contributed by atoms with Gasteiger partial charge in [0.05, 0.1) is 13.5 Å². The zero-order valence-corrected chi connectivity index (χ0v) is 16.0. The molecule has 7 nitrogen and oxygen atoms in total. The van der Waals surface area contributed by atoms with Crippen molar-refractivity contribution in [3.8, 4) is 11.5 Å². The van der Waals surface area contributed by atoms with Crippen molar-refractivity contribution in [2.24, 2.45) is 0 Å². The SMILES string of the molecule is COc1ccc2ccc(OC(=O)CCc3c(C)nc4ncnn4c3C)cc2c1. The summed E-state index contributed by atoms with van der Waals surface area (Å²) < 4.78 is 12.5. The smallest absolute Gasteiger partial charge is 0.311 e. The van der Waals surface area contributed by atoms with Gasteiger partial charge in [0.25, 0.3) is 5.78 Å². The highest BCUT2D eigenvalue weighted by molar-refractivity contribution is 5.86. The highest BCUT2D eigenvalue weighted by Crippen LogP contribution is 2.25. The van der Waals surface area contributed by atoms with Gasteiger partial charge in [-0.15, -0.1) is 0 Å². The Morgan fingerprint density at radius 3 is 2.61 bits per heavy atom. The Morgan fingerprint density at radius 2 is 1.82 bits per heavy atom. The van der Waals surface area contributed by atoms with Crippen molar-refractivity contribution < 1.29 is 14.3 Å². The second-order valence-electron chi connectivity index (χ2n) is 6.58. The van der Waals surface area contributed by atoms with E-state index >= 15 is 0 Å². The first-order valence-electron chi connectivity index (χ1n) is 8.99. The van der Waals surface area contributed by atoms with Crippen LogP contribution in [-0.4, -0.2) is 32.7 Å². The Morgan fingerprint density at radius 1 is 1.07 bits per heavy atom. The van der Waals surface area contributed by atoms with E-state index < -0.39 is 0 Å². The van der Waals surface area contributed by atoms with E-state index in [4.69, 9.17) is 9.47 Å². The number of benzene rings is 2. The Labute approximate surface area is 161 Å². The molecule has 0 fully saturated rings. The molecule has 4 rings (SSSR count). The molecule has 0 saturated heterocycles. The van der Waals surface area contributed by atoms with E-state index in [-0.39, 0.29) is 12.4 Å². The molecule has 0 bridgehead atoms. The predicted molar refractivity (Wildman–Crippen MR) is 105 cm³/mol. The maximum absolute atomic E-state index is 12.4. The van der Waals surface area contributed by atoms with Crippen molar-refractivity contribution in [2.75, 3.05) is 7.11 Å². The third kappa shape index (κ3) is 3.38. The van der Waals surface area contributed by atoms with E-state index in [2.05, 4.69) is 15.1 Å². The normalized spacial score (nSPS) is 11.1. The Bertz CT molecular complexity index is 1180. The molecule has 0 unspecified atom stereocenters. The molecular formula is C21H20N4O3. The molecule has 0 radical (unpaired) electrons. The maximum atomic E-state index is 12.4. The molecule has 0 aliphatic carbocycles. The Balaban J connectivity index is 1.48. The molecule has 142 valence electrons. The third-order valence-electron chi connectivity index (χ3n) is 4.82. The van der Waals surface area contributed by atoms with Crippen molar-refractivity contribution >= 4 is 22.5 Å². The molecule has 0 saturated carbocycles. The second-order valence-corrected chi connectivity index (χ2v) is 6.58. The molecule has 0 amide bonds. The summed E-state index contributed by atoms with van der Waals surface area (Å²) in [5.74, 6) is 1.55. The van der Waals surface area contributed by atoms with Gasteiger partial charge in [0.15, 0.2) is 0 Å². The standard InChI is InChI=1S/C21H20N4O3/c1-13-19(14(2)25-21(24-13)22-12-23-25)8-9-20(26)28-18-7-5-15-4-6-17(27-3)10-16(15)11-18/h4-7,10-12H,8-9H2,1-3H3. The summed E-state index contributed by atoms with van der Waals surface area (Å²) in [6.45, 7) is 3.87. The number of rotatable bonds is 5. The molecule has 0 spiro atoms. The average molecular weight is 376 g/mol. The maximum Gasteiger partial charge on any atom is 0.311 e. The number of hydrogen-bond acceptors (Lipinski definition) is 6. The van der Waals surface area contributed by atoms with E-state index in [1.165, 1.54) is 6.33 Å². The summed E-state index contributed by atoms with van der Waals surface area (Å²) in [6.07, 6.45) is 2.25. The highest BCUT2D eigenvalue weighted by Gasteiger charge is 2.14. The Hall–Kier alpha value is -3.48. The number of fused-ring (bicyclic) bond motifs is 2. The minimum absolute atomic E-state index is 0.250. The van der Waals surface area contributed by atoms with Crippen LogP contribution in [0.15, 0.2) is 42.7 Å². The molecule has 0 aliphatic heterocycles. The van der Waals surface area contributed by atoms with Crippen LogP contribution in [0, 0.1) is 13.8 Å². The first kappa shape index (κ1) is 17.9. The van der Waals surface area contributed by atoms with Crippen LogP contribution in [0.2, 0.25) is 0 Å². The van der Waals surface area contributed by atoms with Gasteiger partial charge in [-0.3, -0.25) is 4.79 Å². The van der Waals surface area contributed by atoms with Crippen molar-refractivity contribution in [1.82, 2.24) is 19.6 Å². The van der Waals surface area contributed by atoms with Crippen LogP contribution in [0.3, 0.4) is 0 Å². The summed E-state index contributed by atoms with van der Waals surface area (Å²) in [6, 6.07) is 11.4. The van der Waals surface area contributed by atoms with Gasteiger partial charge >= 0.3 is 5.97 Å². The summed E-state index contributed by atoms with van der Waals surface area (Å²) in [7, 11) is 1.63. The molecule has 0 N–H and O–H groups in total. The largest absolute Gasteiger partial charge is 0.497 e. The lowest BCUT2D eigenvalue weighted by Gasteiger charge is -2.10. The number of carbonyl (C=O) groups is 1. The number of hydrogen-bond donors (Lipinski definition) is 0. The van der Waals surface area contributed by atoms with Gasteiger partial charge in [-0.05, 0) is 60.9 Å². The second kappa shape index (κ2) is 7.26. The lowest BCUT2D eigenvalue weighted by molar-refractivity contribution is -0.134. The van der Waals surface area contributed by atoms with Gasteiger partial charge in [-0.2, -0.15) is 10.1 Å². The molecule has 4 aromatic rings. The van der Waals surface area contributed by atoms with Crippen LogP contribution >= 0.6 is 0 Å². The van der Waals surface area contributed by atoms with Gasteiger partial charge in [-0.1, -0.05) is 12.1 Å². The number of nitrogens with zero attached hydrogens (tertiary/aromatic N) is 4. The molecule has 0 aliphatic rings. The van der Waals surface area contributed by atoms with E-state index in [0.717, 1.165) is 33.5 Å². The zero-order valence-electron chi connectivity index (χ0n) is 16.0. The number of esters is 1. The summed E-state index contributed by atoms with van der Waals surface area (Å²) in [5, 5.41) is 6.18. The van der Waals surface area contributed by atoms with Crippen LogP contribution in [0.1, 0.15) is 23.4 Å². The first-order chi connectivity index (χ1) is 13.5. The van der Waals surface area contributed by atoms with Gasteiger partial charge < -0.3 is 9.47 Å².